The molecular weight excluding hydrogens is 281 g/mol. The summed E-state index contributed by atoms with van der Waals surface area (Å²) < 4.78 is 14.9. The summed E-state index contributed by atoms with van der Waals surface area (Å²) in [6.07, 6.45) is 8.56. The van der Waals surface area contributed by atoms with Crippen LogP contribution in [0.1, 0.15) is 38.1 Å². The first-order chi connectivity index (χ1) is 10.7. The van der Waals surface area contributed by atoms with E-state index >= 15 is 0 Å². The van der Waals surface area contributed by atoms with Gasteiger partial charge in [0.2, 0.25) is 5.91 Å². The Kier molecular flexibility index (Phi) is 4.51. The maximum atomic E-state index is 12.8. The molecule has 1 aliphatic rings. The maximum Gasteiger partial charge on any atom is 0.224 e. The van der Waals surface area contributed by atoms with Crippen LogP contribution in [0.4, 0.5) is 10.1 Å². The number of carbonyl (C=O) groups is 1. The van der Waals surface area contributed by atoms with Crippen LogP contribution in [0.25, 0.3) is 0 Å². The highest BCUT2D eigenvalue weighted by Gasteiger charge is 2.24. The van der Waals surface area contributed by atoms with Crippen molar-refractivity contribution in [3.63, 3.8) is 0 Å². The van der Waals surface area contributed by atoms with Crippen LogP contribution >= 0.6 is 0 Å². The second-order valence-electron chi connectivity index (χ2n) is 5.92. The number of nitrogens with zero attached hydrogens (tertiary/aromatic N) is 2. The topological polar surface area (TPSA) is 46.9 Å². The Hall–Kier alpha value is -2.17. The van der Waals surface area contributed by atoms with Crippen molar-refractivity contribution in [3.8, 4) is 0 Å². The smallest absolute Gasteiger partial charge is 0.224 e. The SMILES string of the molecule is O=C(CC1CCC(n2cccn2)CC1)Nc1ccc(F)cc1. The zero-order chi connectivity index (χ0) is 15.4. The lowest BCUT2D eigenvalue weighted by atomic mass is 9.84. The first-order valence-corrected chi connectivity index (χ1v) is 7.75. The van der Waals surface area contributed by atoms with Crippen molar-refractivity contribution in [1.82, 2.24) is 9.78 Å². The van der Waals surface area contributed by atoms with Gasteiger partial charge in [-0.25, -0.2) is 4.39 Å². The summed E-state index contributed by atoms with van der Waals surface area (Å²) in [5.41, 5.74) is 0.650. The lowest BCUT2D eigenvalue weighted by Gasteiger charge is -2.28. The van der Waals surface area contributed by atoms with Crippen molar-refractivity contribution in [2.45, 2.75) is 38.1 Å². The first kappa shape index (κ1) is 14.8. The van der Waals surface area contributed by atoms with Crippen LogP contribution in [-0.2, 0) is 4.79 Å². The third-order valence-electron chi connectivity index (χ3n) is 4.32. The van der Waals surface area contributed by atoms with Gasteiger partial charge in [0, 0.05) is 24.5 Å². The molecular formula is C17H20FN3O. The predicted octanol–water partition coefficient (Wildman–Crippen LogP) is 3.78. The molecule has 1 N–H and O–H groups in total. The zero-order valence-corrected chi connectivity index (χ0v) is 12.4. The van der Waals surface area contributed by atoms with Crippen molar-refractivity contribution in [2.24, 2.45) is 5.92 Å². The molecule has 0 atom stereocenters. The molecule has 3 rings (SSSR count). The number of amides is 1. The summed E-state index contributed by atoms with van der Waals surface area (Å²) in [4.78, 5) is 12.1. The quantitative estimate of drug-likeness (QED) is 0.934. The molecule has 116 valence electrons. The summed E-state index contributed by atoms with van der Waals surface area (Å²) in [6, 6.07) is 8.29. The fourth-order valence-electron chi connectivity index (χ4n) is 3.12. The summed E-state index contributed by atoms with van der Waals surface area (Å²) in [7, 11) is 0. The minimum atomic E-state index is -0.296. The van der Waals surface area contributed by atoms with Crippen molar-refractivity contribution < 1.29 is 9.18 Å². The van der Waals surface area contributed by atoms with Crippen molar-refractivity contribution in [3.05, 3.63) is 48.5 Å². The van der Waals surface area contributed by atoms with Gasteiger partial charge in [0.25, 0.3) is 0 Å². The second-order valence-corrected chi connectivity index (χ2v) is 5.92. The minimum absolute atomic E-state index is 0.00847. The van der Waals surface area contributed by atoms with Crippen LogP contribution in [-0.4, -0.2) is 15.7 Å². The van der Waals surface area contributed by atoms with Crippen LogP contribution < -0.4 is 5.32 Å². The van der Waals surface area contributed by atoms with E-state index in [9.17, 15) is 9.18 Å². The number of nitrogens with one attached hydrogen (secondary N) is 1. The predicted molar refractivity (Wildman–Crippen MR) is 82.9 cm³/mol. The van der Waals surface area contributed by atoms with E-state index in [0.717, 1.165) is 25.7 Å². The number of halogens is 1. The Bertz CT molecular complexity index is 601. The molecule has 0 saturated heterocycles. The van der Waals surface area contributed by atoms with E-state index in [4.69, 9.17) is 0 Å². The summed E-state index contributed by atoms with van der Waals surface area (Å²) in [5, 5.41) is 7.13. The maximum absolute atomic E-state index is 12.8. The Morgan fingerprint density at radius 2 is 1.95 bits per heavy atom. The van der Waals surface area contributed by atoms with Gasteiger partial charge in [0.05, 0.1) is 6.04 Å². The zero-order valence-electron chi connectivity index (χ0n) is 12.4. The van der Waals surface area contributed by atoms with Crippen LogP contribution in [0.15, 0.2) is 42.7 Å². The van der Waals surface area contributed by atoms with Gasteiger partial charge in [0.15, 0.2) is 0 Å². The van der Waals surface area contributed by atoms with E-state index in [1.165, 1.54) is 12.1 Å². The standard InChI is InChI=1S/C17H20FN3O/c18-14-4-6-15(7-5-14)20-17(22)12-13-2-8-16(9-3-13)21-11-1-10-19-21/h1,4-7,10-11,13,16H,2-3,8-9,12H2,(H,20,22). The molecule has 1 heterocycles. The highest BCUT2D eigenvalue weighted by atomic mass is 19.1. The number of benzene rings is 1. The third kappa shape index (κ3) is 3.72. The molecule has 0 aliphatic heterocycles. The number of hydrogen-bond acceptors (Lipinski definition) is 2. The van der Waals surface area contributed by atoms with Gasteiger partial charge in [-0.3, -0.25) is 9.48 Å². The highest BCUT2D eigenvalue weighted by molar-refractivity contribution is 5.90. The average molecular weight is 301 g/mol. The first-order valence-electron chi connectivity index (χ1n) is 7.75. The molecule has 0 unspecified atom stereocenters. The van der Waals surface area contributed by atoms with E-state index in [-0.39, 0.29) is 11.7 Å². The van der Waals surface area contributed by atoms with Gasteiger partial charge in [-0.1, -0.05) is 0 Å². The minimum Gasteiger partial charge on any atom is -0.326 e. The van der Waals surface area contributed by atoms with Crippen molar-refractivity contribution >= 4 is 11.6 Å². The normalized spacial score (nSPS) is 21.5. The van der Waals surface area contributed by atoms with Crippen LogP contribution in [0.3, 0.4) is 0 Å². The molecule has 0 spiro atoms. The van der Waals surface area contributed by atoms with Crippen LogP contribution in [0, 0.1) is 11.7 Å². The number of aromatic nitrogens is 2. The Morgan fingerprint density at radius 1 is 1.23 bits per heavy atom. The van der Waals surface area contributed by atoms with Gasteiger partial charge in [-0.15, -0.1) is 0 Å². The van der Waals surface area contributed by atoms with E-state index in [1.54, 1.807) is 12.1 Å². The third-order valence-corrected chi connectivity index (χ3v) is 4.32. The van der Waals surface area contributed by atoms with E-state index in [0.29, 0.717) is 24.1 Å². The molecule has 1 fully saturated rings. The fourth-order valence-corrected chi connectivity index (χ4v) is 3.12. The lowest BCUT2D eigenvalue weighted by molar-refractivity contribution is -0.117. The van der Waals surface area contributed by atoms with Gasteiger partial charge in [-0.2, -0.15) is 5.10 Å². The van der Waals surface area contributed by atoms with E-state index < -0.39 is 0 Å². The molecule has 2 aromatic rings. The van der Waals surface area contributed by atoms with Gasteiger partial charge in [-0.05, 0) is 61.9 Å². The van der Waals surface area contributed by atoms with Crippen LogP contribution in [0.5, 0.6) is 0 Å². The molecule has 5 heteroatoms. The molecule has 0 bridgehead atoms. The van der Waals surface area contributed by atoms with Gasteiger partial charge in [0.1, 0.15) is 5.82 Å². The summed E-state index contributed by atoms with van der Waals surface area (Å²) in [6.45, 7) is 0. The average Bonchev–Trinajstić information content (AvgIpc) is 3.05. The van der Waals surface area contributed by atoms with Crippen molar-refractivity contribution in [1.29, 1.82) is 0 Å². The second kappa shape index (κ2) is 6.73. The van der Waals surface area contributed by atoms with Gasteiger partial charge >= 0.3 is 0 Å². The lowest BCUT2D eigenvalue weighted by Crippen LogP contribution is -2.22. The fraction of sp³-hybridized carbons (Fsp3) is 0.412. The molecule has 1 aromatic carbocycles. The van der Waals surface area contributed by atoms with Crippen molar-refractivity contribution in [2.75, 3.05) is 5.32 Å². The highest BCUT2D eigenvalue weighted by Crippen LogP contribution is 2.33. The monoisotopic (exact) mass is 301 g/mol. The largest absolute Gasteiger partial charge is 0.326 e. The van der Waals surface area contributed by atoms with E-state index in [1.807, 2.05) is 23.1 Å². The van der Waals surface area contributed by atoms with Gasteiger partial charge < -0.3 is 5.32 Å². The van der Waals surface area contributed by atoms with Crippen LogP contribution in [0.2, 0.25) is 0 Å². The molecule has 4 nitrogen and oxygen atoms in total. The Morgan fingerprint density at radius 3 is 2.59 bits per heavy atom. The molecule has 1 saturated carbocycles. The molecule has 1 amide bonds. The summed E-state index contributed by atoms with van der Waals surface area (Å²) >= 11 is 0. The Labute approximate surface area is 129 Å². The number of hydrogen-bond donors (Lipinski definition) is 1. The molecule has 22 heavy (non-hydrogen) atoms. The molecule has 0 radical (unpaired) electrons. The Balaban J connectivity index is 1.46. The number of carbonyl (C=O) groups excluding carboxylic acids is 1. The van der Waals surface area contributed by atoms with E-state index in [2.05, 4.69) is 10.4 Å². The summed E-state index contributed by atoms with van der Waals surface area (Å²) in [5.74, 6) is 0.136. The number of anilines is 1. The molecule has 1 aromatic heterocycles. The molecule has 1 aliphatic carbocycles. The number of rotatable bonds is 4.